The standard InChI is InChI=1S/C21H30N4O2S/c1-5-25(19-8-6-7-17(2)15-19)14-13-23-21(22-3)24-16-18-9-11-20(12-10-18)28(4,26)27/h6-12,15H,5,13-14,16H2,1-4H3,(H2,22,23,24). The molecule has 2 aromatic rings. The van der Waals surface area contributed by atoms with Gasteiger partial charge in [0.15, 0.2) is 15.8 Å². The minimum atomic E-state index is -3.17. The summed E-state index contributed by atoms with van der Waals surface area (Å²) in [4.78, 5) is 6.89. The van der Waals surface area contributed by atoms with Crippen LogP contribution in [0.1, 0.15) is 18.1 Å². The van der Waals surface area contributed by atoms with Gasteiger partial charge in [-0.3, -0.25) is 4.99 Å². The molecular weight excluding hydrogens is 372 g/mol. The zero-order valence-electron chi connectivity index (χ0n) is 17.1. The molecule has 152 valence electrons. The Morgan fingerprint density at radius 1 is 1.11 bits per heavy atom. The third kappa shape index (κ3) is 6.56. The second-order valence-corrected chi connectivity index (χ2v) is 8.70. The van der Waals surface area contributed by atoms with Gasteiger partial charge in [0, 0.05) is 45.2 Å². The normalized spacial score (nSPS) is 11.9. The van der Waals surface area contributed by atoms with Crippen LogP contribution in [-0.2, 0) is 16.4 Å². The Labute approximate surface area is 168 Å². The smallest absolute Gasteiger partial charge is 0.191 e. The van der Waals surface area contributed by atoms with Crippen molar-refractivity contribution in [3.63, 3.8) is 0 Å². The lowest BCUT2D eigenvalue weighted by atomic mass is 10.2. The number of aliphatic imine (C=N–C) groups is 1. The largest absolute Gasteiger partial charge is 0.370 e. The van der Waals surface area contributed by atoms with Gasteiger partial charge in [-0.1, -0.05) is 24.3 Å². The molecular formula is C21H30N4O2S. The molecule has 0 aliphatic rings. The number of hydrogen-bond donors (Lipinski definition) is 2. The van der Waals surface area contributed by atoms with E-state index in [1.165, 1.54) is 17.5 Å². The summed E-state index contributed by atoms with van der Waals surface area (Å²) >= 11 is 0. The third-order valence-electron chi connectivity index (χ3n) is 4.46. The summed E-state index contributed by atoms with van der Waals surface area (Å²) in [5, 5.41) is 6.58. The number of rotatable bonds is 8. The van der Waals surface area contributed by atoms with E-state index in [2.05, 4.69) is 58.6 Å². The maximum Gasteiger partial charge on any atom is 0.191 e. The van der Waals surface area contributed by atoms with Crippen molar-refractivity contribution in [2.24, 2.45) is 4.99 Å². The zero-order chi connectivity index (χ0) is 20.6. The van der Waals surface area contributed by atoms with E-state index >= 15 is 0 Å². The van der Waals surface area contributed by atoms with Crippen LogP contribution in [0.5, 0.6) is 0 Å². The van der Waals surface area contributed by atoms with Gasteiger partial charge < -0.3 is 15.5 Å². The topological polar surface area (TPSA) is 73.8 Å². The zero-order valence-corrected chi connectivity index (χ0v) is 17.9. The first-order chi connectivity index (χ1) is 13.3. The van der Waals surface area contributed by atoms with Crippen molar-refractivity contribution in [1.29, 1.82) is 0 Å². The monoisotopic (exact) mass is 402 g/mol. The second kappa shape index (κ2) is 10.1. The van der Waals surface area contributed by atoms with Crippen molar-refractivity contribution in [3.05, 3.63) is 59.7 Å². The first-order valence-electron chi connectivity index (χ1n) is 9.38. The fourth-order valence-corrected chi connectivity index (χ4v) is 3.50. The van der Waals surface area contributed by atoms with Gasteiger partial charge in [0.2, 0.25) is 0 Å². The van der Waals surface area contributed by atoms with E-state index in [4.69, 9.17) is 0 Å². The summed E-state index contributed by atoms with van der Waals surface area (Å²) in [5.41, 5.74) is 3.46. The number of hydrogen-bond acceptors (Lipinski definition) is 4. The Morgan fingerprint density at radius 3 is 2.39 bits per heavy atom. The minimum Gasteiger partial charge on any atom is -0.370 e. The van der Waals surface area contributed by atoms with Gasteiger partial charge in [0.1, 0.15) is 0 Å². The van der Waals surface area contributed by atoms with Gasteiger partial charge in [-0.15, -0.1) is 0 Å². The second-order valence-electron chi connectivity index (χ2n) is 6.69. The van der Waals surface area contributed by atoms with Crippen molar-refractivity contribution < 1.29 is 8.42 Å². The average molecular weight is 403 g/mol. The maximum absolute atomic E-state index is 11.5. The predicted octanol–water partition coefficient (Wildman–Crippen LogP) is 2.59. The van der Waals surface area contributed by atoms with Crippen LogP contribution < -0.4 is 15.5 Å². The summed E-state index contributed by atoms with van der Waals surface area (Å²) in [7, 11) is -1.43. The van der Waals surface area contributed by atoms with Gasteiger partial charge in [0.25, 0.3) is 0 Å². The van der Waals surface area contributed by atoms with Crippen LogP contribution in [0.4, 0.5) is 5.69 Å². The van der Waals surface area contributed by atoms with E-state index in [1.807, 2.05) is 12.1 Å². The lowest BCUT2D eigenvalue weighted by Gasteiger charge is -2.24. The first kappa shape index (κ1) is 21.8. The molecule has 2 aromatic carbocycles. The number of sulfone groups is 1. The van der Waals surface area contributed by atoms with Crippen LogP contribution in [-0.4, -0.2) is 47.3 Å². The molecule has 0 aromatic heterocycles. The van der Waals surface area contributed by atoms with Crippen LogP contribution >= 0.6 is 0 Å². The van der Waals surface area contributed by atoms with Crippen molar-refractivity contribution in [1.82, 2.24) is 10.6 Å². The van der Waals surface area contributed by atoms with Crippen LogP contribution in [0, 0.1) is 6.92 Å². The number of nitrogens with zero attached hydrogens (tertiary/aromatic N) is 2. The lowest BCUT2D eigenvalue weighted by molar-refractivity contribution is 0.602. The van der Waals surface area contributed by atoms with Gasteiger partial charge in [-0.2, -0.15) is 0 Å². The molecule has 0 atom stereocenters. The summed E-state index contributed by atoms with van der Waals surface area (Å²) in [6.07, 6.45) is 1.21. The molecule has 0 aliphatic heterocycles. The van der Waals surface area contributed by atoms with Crippen molar-refractivity contribution >= 4 is 21.5 Å². The quantitative estimate of drug-likeness (QED) is 0.524. The Kier molecular flexibility index (Phi) is 7.87. The Balaban J connectivity index is 1.84. The van der Waals surface area contributed by atoms with Crippen LogP contribution in [0.25, 0.3) is 0 Å². The molecule has 6 nitrogen and oxygen atoms in total. The molecule has 0 heterocycles. The van der Waals surface area contributed by atoms with Crippen molar-refractivity contribution in [2.45, 2.75) is 25.3 Å². The van der Waals surface area contributed by atoms with Gasteiger partial charge in [0.05, 0.1) is 4.90 Å². The molecule has 0 saturated carbocycles. The summed E-state index contributed by atoms with van der Waals surface area (Å²) in [6, 6.07) is 15.4. The van der Waals surface area contributed by atoms with Gasteiger partial charge in [-0.25, -0.2) is 8.42 Å². The molecule has 0 unspecified atom stereocenters. The van der Waals surface area contributed by atoms with Gasteiger partial charge >= 0.3 is 0 Å². The van der Waals surface area contributed by atoms with E-state index in [1.54, 1.807) is 19.2 Å². The molecule has 0 radical (unpaired) electrons. The summed E-state index contributed by atoms with van der Waals surface area (Å²) in [6.45, 7) is 7.38. The number of anilines is 1. The number of aryl methyl sites for hydroxylation is 1. The molecule has 2 N–H and O–H groups in total. The van der Waals surface area contributed by atoms with E-state index in [0.717, 1.165) is 25.2 Å². The maximum atomic E-state index is 11.5. The highest BCUT2D eigenvalue weighted by Gasteiger charge is 2.07. The molecule has 0 spiro atoms. The van der Waals surface area contributed by atoms with E-state index in [0.29, 0.717) is 17.4 Å². The van der Waals surface area contributed by atoms with E-state index in [9.17, 15) is 8.42 Å². The van der Waals surface area contributed by atoms with Crippen LogP contribution in [0.15, 0.2) is 58.4 Å². The predicted molar refractivity (Wildman–Crippen MR) is 117 cm³/mol. The number of nitrogens with one attached hydrogen (secondary N) is 2. The third-order valence-corrected chi connectivity index (χ3v) is 5.59. The minimum absolute atomic E-state index is 0.328. The highest BCUT2D eigenvalue weighted by molar-refractivity contribution is 7.90. The molecule has 0 aliphatic carbocycles. The van der Waals surface area contributed by atoms with E-state index < -0.39 is 9.84 Å². The lowest BCUT2D eigenvalue weighted by Crippen LogP contribution is -2.41. The fourth-order valence-electron chi connectivity index (χ4n) is 2.86. The molecule has 0 saturated heterocycles. The van der Waals surface area contributed by atoms with Crippen molar-refractivity contribution in [2.75, 3.05) is 37.8 Å². The number of likely N-dealkylation sites (N-methyl/N-ethyl adjacent to an activating group) is 1. The molecule has 0 bridgehead atoms. The molecule has 2 rings (SSSR count). The fraction of sp³-hybridized carbons (Fsp3) is 0.381. The molecule has 7 heteroatoms. The highest BCUT2D eigenvalue weighted by Crippen LogP contribution is 2.15. The number of benzene rings is 2. The van der Waals surface area contributed by atoms with Crippen molar-refractivity contribution in [3.8, 4) is 0 Å². The SMILES string of the molecule is CCN(CCNC(=NC)NCc1ccc(S(C)(=O)=O)cc1)c1cccc(C)c1. The summed E-state index contributed by atoms with van der Waals surface area (Å²) < 4.78 is 23.1. The van der Waals surface area contributed by atoms with E-state index in [-0.39, 0.29) is 0 Å². The highest BCUT2D eigenvalue weighted by atomic mass is 32.2. The Bertz CT molecular complexity index is 893. The first-order valence-corrected chi connectivity index (χ1v) is 11.3. The van der Waals surface area contributed by atoms with Crippen LogP contribution in [0.2, 0.25) is 0 Å². The average Bonchev–Trinajstić information content (AvgIpc) is 2.67. The Hall–Kier alpha value is -2.54. The molecule has 0 fully saturated rings. The van der Waals surface area contributed by atoms with Gasteiger partial charge in [-0.05, 0) is 49.2 Å². The molecule has 28 heavy (non-hydrogen) atoms. The molecule has 0 amide bonds. The Morgan fingerprint density at radius 2 is 1.82 bits per heavy atom. The van der Waals surface area contributed by atoms with Crippen LogP contribution in [0.3, 0.4) is 0 Å². The summed E-state index contributed by atoms with van der Waals surface area (Å²) in [5.74, 6) is 0.715. The number of guanidine groups is 1.